The highest BCUT2D eigenvalue weighted by Gasteiger charge is 2.30. The topological polar surface area (TPSA) is 53.3 Å². The van der Waals surface area contributed by atoms with Crippen LogP contribution >= 0.6 is 0 Å². The van der Waals surface area contributed by atoms with Gasteiger partial charge in [-0.25, -0.2) is 0 Å². The van der Waals surface area contributed by atoms with Crippen LogP contribution in [-0.4, -0.2) is 22.7 Å². The Hall–Kier alpha value is -3.55. The second kappa shape index (κ2) is 9.30. The third-order valence-electron chi connectivity index (χ3n) is 5.04. The third kappa shape index (κ3) is 5.19. The Bertz CT molecular complexity index is 1160. The Morgan fingerprint density at radius 2 is 1.91 bits per heavy atom. The number of ketones is 1. The molecule has 0 aliphatic rings. The van der Waals surface area contributed by atoms with Crippen LogP contribution in [0, 0.1) is 13.8 Å². The smallest absolute Gasteiger partial charge is 0.416 e. The second-order valence-electron chi connectivity index (χ2n) is 7.25. The summed E-state index contributed by atoms with van der Waals surface area (Å²) in [7, 11) is 3.28. The quantitative estimate of drug-likeness (QED) is 0.355. The Morgan fingerprint density at radius 1 is 1.16 bits per heavy atom. The van der Waals surface area contributed by atoms with Gasteiger partial charge in [0, 0.05) is 18.3 Å². The number of nitrogens with zero attached hydrogens (tertiary/aromatic N) is 2. The molecule has 0 fully saturated rings. The van der Waals surface area contributed by atoms with Gasteiger partial charge in [0.2, 0.25) is 0 Å². The van der Waals surface area contributed by atoms with E-state index in [4.69, 9.17) is 9.47 Å². The van der Waals surface area contributed by atoms with Crippen LogP contribution in [0.25, 0.3) is 6.08 Å². The average Bonchev–Trinajstić information content (AvgIpc) is 3.01. The lowest BCUT2D eigenvalue weighted by Gasteiger charge is -2.13. The summed E-state index contributed by atoms with van der Waals surface area (Å²) >= 11 is 0. The second-order valence-corrected chi connectivity index (χ2v) is 7.25. The first kappa shape index (κ1) is 23.1. The minimum atomic E-state index is -4.45. The zero-order chi connectivity index (χ0) is 23.5. The van der Waals surface area contributed by atoms with Crippen LogP contribution in [0.2, 0.25) is 0 Å². The summed E-state index contributed by atoms with van der Waals surface area (Å²) in [5, 5.41) is 4.26. The maximum atomic E-state index is 12.9. The van der Waals surface area contributed by atoms with Gasteiger partial charge in [-0.2, -0.15) is 18.3 Å². The van der Waals surface area contributed by atoms with Crippen LogP contribution in [0.15, 0.2) is 48.5 Å². The first-order valence-corrected chi connectivity index (χ1v) is 9.79. The van der Waals surface area contributed by atoms with Crippen LogP contribution in [0.4, 0.5) is 13.2 Å². The number of alkyl halides is 3. The fourth-order valence-electron chi connectivity index (χ4n) is 3.32. The van der Waals surface area contributed by atoms with E-state index in [0.717, 1.165) is 23.4 Å². The molecule has 0 atom stereocenters. The summed E-state index contributed by atoms with van der Waals surface area (Å²) in [5.41, 5.74) is 2.57. The molecule has 8 heteroatoms. The third-order valence-corrected chi connectivity index (χ3v) is 5.04. The van der Waals surface area contributed by atoms with E-state index < -0.39 is 11.7 Å². The highest BCUT2D eigenvalue weighted by molar-refractivity contribution is 6.08. The van der Waals surface area contributed by atoms with E-state index in [-0.39, 0.29) is 18.1 Å². The predicted molar refractivity (Wildman–Crippen MR) is 115 cm³/mol. The van der Waals surface area contributed by atoms with Gasteiger partial charge in [-0.05, 0) is 55.8 Å². The van der Waals surface area contributed by atoms with Crippen molar-refractivity contribution in [2.24, 2.45) is 7.05 Å². The van der Waals surface area contributed by atoms with Crippen molar-refractivity contribution < 1.29 is 27.4 Å². The summed E-state index contributed by atoms with van der Waals surface area (Å²) in [6.07, 6.45) is -1.31. The summed E-state index contributed by atoms with van der Waals surface area (Å²) in [6.45, 7) is 3.61. The number of carbonyl (C=O) groups excluding carboxylic acids is 1. The van der Waals surface area contributed by atoms with Crippen molar-refractivity contribution >= 4 is 11.9 Å². The molecule has 3 rings (SSSR count). The largest absolute Gasteiger partial charge is 0.496 e. The van der Waals surface area contributed by atoms with Crippen LogP contribution in [0.1, 0.15) is 38.4 Å². The molecule has 3 aromatic rings. The van der Waals surface area contributed by atoms with Crippen LogP contribution in [0.3, 0.4) is 0 Å². The maximum Gasteiger partial charge on any atom is 0.416 e. The number of ether oxygens (including phenoxy) is 2. The SMILES string of the molecule is COc1ccc(/C=C/C(=O)c2c(C)nn(C)c2C)cc1COc1cccc(C(F)(F)F)c1. The molecule has 1 aromatic heterocycles. The fourth-order valence-corrected chi connectivity index (χ4v) is 3.32. The predicted octanol–water partition coefficient (Wildman–Crippen LogP) is 5.54. The Balaban J connectivity index is 1.78. The number of hydrogen-bond acceptors (Lipinski definition) is 4. The molecule has 1 heterocycles. The molecule has 0 amide bonds. The van der Waals surface area contributed by atoms with E-state index in [1.54, 1.807) is 42.9 Å². The fraction of sp³-hybridized carbons (Fsp3) is 0.250. The molecule has 0 saturated heterocycles. The number of hydrogen-bond donors (Lipinski definition) is 0. The summed E-state index contributed by atoms with van der Waals surface area (Å²) in [5.74, 6) is 0.464. The molecule has 0 saturated carbocycles. The lowest BCUT2D eigenvalue weighted by molar-refractivity contribution is -0.137. The Labute approximate surface area is 184 Å². The maximum absolute atomic E-state index is 12.9. The van der Waals surface area contributed by atoms with Gasteiger partial charge in [0.15, 0.2) is 5.78 Å². The lowest BCUT2D eigenvalue weighted by Crippen LogP contribution is -2.05. The normalized spacial score (nSPS) is 11.7. The highest BCUT2D eigenvalue weighted by atomic mass is 19.4. The van der Waals surface area contributed by atoms with E-state index in [0.29, 0.717) is 22.6 Å². The number of rotatable bonds is 7. The van der Waals surface area contributed by atoms with Crippen LogP contribution in [-0.2, 0) is 19.8 Å². The van der Waals surface area contributed by atoms with E-state index in [1.807, 2.05) is 6.92 Å². The van der Waals surface area contributed by atoms with Gasteiger partial charge in [0.05, 0.1) is 23.9 Å². The van der Waals surface area contributed by atoms with Crippen molar-refractivity contribution in [3.63, 3.8) is 0 Å². The number of aromatic nitrogens is 2. The van der Waals surface area contributed by atoms with Gasteiger partial charge in [-0.1, -0.05) is 18.2 Å². The number of halogens is 3. The van der Waals surface area contributed by atoms with Gasteiger partial charge in [-0.15, -0.1) is 0 Å². The molecule has 0 spiro atoms. The first-order valence-electron chi connectivity index (χ1n) is 9.79. The zero-order valence-electron chi connectivity index (χ0n) is 18.2. The van der Waals surface area contributed by atoms with Crippen molar-refractivity contribution in [2.45, 2.75) is 26.6 Å². The Morgan fingerprint density at radius 3 is 2.53 bits per heavy atom. The number of allylic oxidation sites excluding steroid dienone is 1. The molecule has 0 bridgehead atoms. The zero-order valence-corrected chi connectivity index (χ0v) is 18.2. The minimum Gasteiger partial charge on any atom is -0.496 e. The Kier molecular flexibility index (Phi) is 6.72. The van der Waals surface area contributed by atoms with Crippen molar-refractivity contribution in [2.75, 3.05) is 7.11 Å². The molecule has 0 N–H and O–H groups in total. The van der Waals surface area contributed by atoms with E-state index in [2.05, 4.69) is 5.10 Å². The van der Waals surface area contributed by atoms with E-state index in [9.17, 15) is 18.0 Å². The van der Waals surface area contributed by atoms with Gasteiger partial charge in [0.1, 0.15) is 18.1 Å². The van der Waals surface area contributed by atoms with Gasteiger partial charge in [0.25, 0.3) is 0 Å². The van der Waals surface area contributed by atoms with Crippen molar-refractivity contribution in [3.05, 3.63) is 82.2 Å². The summed E-state index contributed by atoms with van der Waals surface area (Å²) in [4.78, 5) is 12.6. The molecule has 0 aliphatic heterocycles. The molecule has 32 heavy (non-hydrogen) atoms. The number of methoxy groups -OCH3 is 1. The average molecular weight is 444 g/mol. The first-order chi connectivity index (χ1) is 15.1. The molecule has 0 radical (unpaired) electrons. The summed E-state index contributed by atoms with van der Waals surface area (Å²) in [6, 6.07) is 9.95. The molecule has 2 aromatic carbocycles. The van der Waals surface area contributed by atoms with Gasteiger partial charge in [-0.3, -0.25) is 9.48 Å². The number of benzene rings is 2. The van der Waals surface area contributed by atoms with Crippen LogP contribution < -0.4 is 9.47 Å². The van der Waals surface area contributed by atoms with Crippen molar-refractivity contribution in [1.82, 2.24) is 9.78 Å². The number of carbonyl (C=O) groups is 1. The van der Waals surface area contributed by atoms with E-state index in [1.165, 1.54) is 25.3 Å². The van der Waals surface area contributed by atoms with Crippen molar-refractivity contribution in [1.29, 1.82) is 0 Å². The van der Waals surface area contributed by atoms with E-state index >= 15 is 0 Å². The highest BCUT2D eigenvalue weighted by Crippen LogP contribution is 2.32. The molecule has 0 aliphatic carbocycles. The monoisotopic (exact) mass is 444 g/mol. The van der Waals surface area contributed by atoms with Crippen molar-refractivity contribution in [3.8, 4) is 11.5 Å². The number of aryl methyl sites for hydroxylation is 2. The molecular weight excluding hydrogens is 421 g/mol. The summed E-state index contributed by atoms with van der Waals surface area (Å²) < 4.78 is 51.3. The standard InChI is InChI=1S/C24H23F3N2O3/c1-15-23(16(2)29(3)28-15)21(30)10-8-17-9-11-22(31-4)18(12-17)14-32-20-7-5-6-19(13-20)24(25,26)27/h5-13H,14H2,1-4H3/b10-8+. The molecular formula is C24H23F3N2O3. The minimum absolute atomic E-state index is 0.000924. The van der Waals surface area contributed by atoms with Gasteiger partial charge < -0.3 is 9.47 Å². The lowest BCUT2D eigenvalue weighted by atomic mass is 10.1. The molecule has 5 nitrogen and oxygen atoms in total. The molecule has 0 unspecified atom stereocenters. The molecule has 168 valence electrons. The van der Waals surface area contributed by atoms with Gasteiger partial charge >= 0.3 is 6.18 Å². The van der Waals surface area contributed by atoms with Crippen LogP contribution in [0.5, 0.6) is 11.5 Å².